The molecule has 0 atom stereocenters. The molecule has 3 heterocycles. The molecule has 7 heteroatoms. The number of hydrogen-bond donors (Lipinski definition) is 1. The van der Waals surface area contributed by atoms with Gasteiger partial charge in [-0.3, -0.25) is 14.9 Å². The summed E-state index contributed by atoms with van der Waals surface area (Å²) < 4.78 is 19.1. The Hall–Kier alpha value is -1.96. The highest BCUT2D eigenvalue weighted by atomic mass is 19.1. The van der Waals surface area contributed by atoms with Crippen molar-refractivity contribution in [2.24, 2.45) is 0 Å². The molecule has 0 spiro atoms. The first-order valence-corrected chi connectivity index (χ1v) is 10.1. The van der Waals surface area contributed by atoms with Crippen LogP contribution < -0.4 is 4.74 Å². The predicted octanol–water partition coefficient (Wildman–Crippen LogP) is 2.44. The highest BCUT2D eigenvalue weighted by molar-refractivity contribution is 5.63. The molecule has 0 bridgehead atoms. The van der Waals surface area contributed by atoms with Crippen molar-refractivity contribution < 1.29 is 9.13 Å². The lowest BCUT2D eigenvalue weighted by molar-refractivity contribution is 0.0619. The Morgan fingerprint density at radius 1 is 1.14 bits per heavy atom. The van der Waals surface area contributed by atoms with Crippen LogP contribution in [0.3, 0.4) is 0 Å². The van der Waals surface area contributed by atoms with Gasteiger partial charge in [0.15, 0.2) is 11.6 Å². The summed E-state index contributed by atoms with van der Waals surface area (Å²) in [7, 11) is 3.69. The number of H-pyrrole nitrogens is 1. The molecule has 4 rings (SSSR count). The van der Waals surface area contributed by atoms with Gasteiger partial charge in [-0.15, -0.1) is 0 Å². The standard InChI is InChI=1S/C21H30FN5O/c1-25-7-5-18(6-8-25)27-11-9-26(10-12-27)15-17-14-23-24-21(17)16-3-4-20(28-2)19(22)13-16/h3-4,13-14,18H,5-12,15H2,1-2H3,(H,23,24). The van der Waals surface area contributed by atoms with Crippen LogP contribution in [0.1, 0.15) is 18.4 Å². The largest absolute Gasteiger partial charge is 0.494 e. The fraction of sp³-hybridized carbons (Fsp3) is 0.571. The minimum absolute atomic E-state index is 0.259. The minimum Gasteiger partial charge on any atom is -0.494 e. The van der Waals surface area contributed by atoms with Crippen LogP contribution in [-0.4, -0.2) is 84.4 Å². The third-order valence-electron chi connectivity index (χ3n) is 6.16. The first-order valence-electron chi connectivity index (χ1n) is 10.1. The number of nitrogens with one attached hydrogen (secondary N) is 1. The van der Waals surface area contributed by atoms with Crippen LogP contribution in [0, 0.1) is 5.82 Å². The van der Waals surface area contributed by atoms with Crippen molar-refractivity contribution in [2.75, 3.05) is 53.4 Å². The van der Waals surface area contributed by atoms with Crippen molar-refractivity contribution in [1.82, 2.24) is 24.9 Å². The monoisotopic (exact) mass is 387 g/mol. The van der Waals surface area contributed by atoms with Crippen molar-refractivity contribution >= 4 is 0 Å². The number of hydrogen-bond acceptors (Lipinski definition) is 5. The molecule has 2 aliphatic rings. The van der Waals surface area contributed by atoms with E-state index in [0.29, 0.717) is 0 Å². The second kappa shape index (κ2) is 8.59. The van der Waals surface area contributed by atoms with Gasteiger partial charge in [0.1, 0.15) is 0 Å². The maximum atomic E-state index is 14.1. The SMILES string of the molecule is COc1ccc(-c2[nH]ncc2CN2CCN(C3CCN(C)CC3)CC2)cc1F. The van der Waals surface area contributed by atoms with Gasteiger partial charge in [0, 0.05) is 49.9 Å². The van der Waals surface area contributed by atoms with Gasteiger partial charge in [-0.2, -0.15) is 5.10 Å². The Bertz CT molecular complexity index is 779. The van der Waals surface area contributed by atoms with Crippen LogP contribution in [0.15, 0.2) is 24.4 Å². The minimum atomic E-state index is -0.354. The van der Waals surface area contributed by atoms with E-state index in [0.717, 1.165) is 55.6 Å². The predicted molar refractivity (Wildman–Crippen MR) is 108 cm³/mol. The third-order valence-corrected chi connectivity index (χ3v) is 6.16. The van der Waals surface area contributed by atoms with E-state index in [1.165, 1.54) is 39.1 Å². The molecule has 0 radical (unpaired) electrons. The number of aromatic nitrogens is 2. The molecule has 1 aromatic heterocycles. The molecule has 2 aromatic rings. The Kier molecular flexibility index (Phi) is 5.94. The Morgan fingerprint density at radius 3 is 2.57 bits per heavy atom. The first-order chi connectivity index (χ1) is 13.6. The van der Waals surface area contributed by atoms with E-state index in [1.807, 2.05) is 12.3 Å². The van der Waals surface area contributed by atoms with E-state index >= 15 is 0 Å². The van der Waals surface area contributed by atoms with Gasteiger partial charge in [0.2, 0.25) is 0 Å². The first kappa shape index (κ1) is 19.4. The number of halogens is 1. The van der Waals surface area contributed by atoms with Gasteiger partial charge in [-0.25, -0.2) is 4.39 Å². The lowest BCUT2D eigenvalue weighted by Crippen LogP contribution is -2.52. The molecule has 0 unspecified atom stereocenters. The number of aromatic amines is 1. The van der Waals surface area contributed by atoms with E-state index in [4.69, 9.17) is 4.74 Å². The zero-order valence-corrected chi connectivity index (χ0v) is 16.8. The molecular formula is C21H30FN5O. The topological polar surface area (TPSA) is 47.6 Å². The van der Waals surface area contributed by atoms with E-state index in [1.54, 1.807) is 6.07 Å². The number of piperidine rings is 1. The zero-order chi connectivity index (χ0) is 19.5. The number of piperazine rings is 1. The van der Waals surface area contributed by atoms with Crippen LogP contribution in [0.4, 0.5) is 4.39 Å². The molecule has 1 N–H and O–H groups in total. The fourth-order valence-electron chi connectivity index (χ4n) is 4.39. The maximum absolute atomic E-state index is 14.1. The van der Waals surface area contributed by atoms with Crippen LogP contribution in [0.2, 0.25) is 0 Å². The summed E-state index contributed by atoms with van der Waals surface area (Å²) >= 11 is 0. The fourth-order valence-corrected chi connectivity index (χ4v) is 4.39. The van der Waals surface area contributed by atoms with Crippen molar-refractivity contribution in [3.63, 3.8) is 0 Å². The van der Waals surface area contributed by atoms with Crippen LogP contribution in [0.25, 0.3) is 11.3 Å². The molecule has 0 amide bonds. The number of methoxy groups -OCH3 is 1. The van der Waals surface area contributed by atoms with Crippen LogP contribution in [0.5, 0.6) is 5.75 Å². The lowest BCUT2D eigenvalue weighted by atomic mass is 10.0. The molecule has 152 valence electrons. The normalized spacial score (nSPS) is 20.5. The summed E-state index contributed by atoms with van der Waals surface area (Å²) in [6.07, 6.45) is 4.43. The Morgan fingerprint density at radius 2 is 1.89 bits per heavy atom. The molecule has 0 aliphatic carbocycles. The summed E-state index contributed by atoms with van der Waals surface area (Å²) in [5.74, 6) is -0.0952. The quantitative estimate of drug-likeness (QED) is 0.854. The van der Waals surface area contributed by atoms with E-state index in [2.05, 4.69) is 31.9 Å². The third kappa shape index (κ3) is 4.21. The van der Waals surface area contributed by atoms with Crippen molar-refractivity contribution in [1.29, 1.82) is 0 Å². The van der Waals surface area contributed by atoms with Crippen molar-refractivity contribution in [3.05, 3.63) is 35.8 Å². The van der Waals surface area contributed by atoms with Gasteiger partial charge in [-0.1, -0.05) is 0 Å². The van der Waals surface area contributed by atoms with Crippen LogP contribution >= 0.6 is 0 Å². The average Bonchev–Trinajstić information content (AvgIpc) is 3.17. The summed E-state index contributed by atoms with van der Waals surface area (Å²) in [6.45, 7) is 7.63. The van der Waals surface area contributed by atoms with Gasteiger partial charge in [-0.05, 0) is 51.2 Å². The molecule has 0 saturated carbocycles. The number of rotatable bonds is 5. The summed E-state index contributed by atoms with van der Waals surface area (Å²) in [5, 5.41) is 7.25. The van der Waals surface area contributed by atoms with E-state index < -0.39 is 0 Å². The van der Waals surface area contributed by atoms with Gasteiger partial charge < -0.3 is 9.64 Å². The van der Waals surface area contributed by atoms with Gasteiger partial charge >= 0.3 is 0 Å². The molecule has 28 heavy (non-hydrogen) atoms. The van der Waals surface area contributed by atoms with Gasteiger partial charge in [0.25, 0.3) is 0 Å². The number of benzene rings is 1. The summed E-state index contributed by atoms with van der Waals surface area (Å²) in [4.78, 5) is 7.56. The molecule has 2 aliphatic heterocycles. The second-order valence-electron chi connectivity index (χ2n) is 7.97. The molecule has 6 nitrogen and oxygen atoms in total. The van der Waals surface area contributed by atoms with E-state index in [-0.39, 0.29) is 11.6 Å². The highest BCUT2D eigenvalue weighted by Crippen LogP contribution is 2.27. The van der Waals surface area contributed by atoms with E-state index in [9.17, 15) is 4.39 Å². The Labute approximate surface area is 166 Å². The smallest absolute Gasteiger partial charge is 0.165 e. The average molecular weight is 388 g/mol. The second-order valence-corrected chi connectivity index (χ2v) is 7.97. The molecule has 2 saturated heterocycles. The molecule has 1 aromatic carbocycles. The molecule has 2 fully saturated rings. The van der Waals surface area contributed by atoms with Crippen molar-refractivity contribution in [3.8, 4) is 17.0 Å². The zero-order valence-electron chi connectivity index (χ0n) is 16.8. The lowest BCUT2D eigenvalue weighted by Gasteiger charge is -2.42. The summed E-state index contributed by atoms with van der Waals surface area (Å²) in [5.41, 5.74) is 2.80. The van der Waals surface area contributed by atoms with Crippen molar-refractivity contribution in [2.45, 2.75) is 25.4 Å². The summed E-state index contributed by atoms with van der Waals surface area (Å²) in [6, 6.07) is 5.78. The number of likely N-dealkylation sites (tertiary alicyclic amines) is 1. The molecular weight excluding hydrogens is 357 g/mol. The Balaban J connectivity index is 1.36. The number of nitrogens with zero attached hydrogens (tertiary/aromatic N) is 4. The number of ether oxygens (including phenoxy) is 1. The van der Waals surface area contributed by atoms with Gasteiger partial charge in [0.05, 0.1) is 19.0 Å². The highest BCUT2D eigenvalue weighted by Gasteiger charge is 2.27. The maximum Gasteiger partial charge on any atom is 0.165 e. The van der Waals surface area contributed by atoms with Crippen LogP contribution in [-0.2, 0) is 6.54 Å².